The number of nitrogens with one attached hydrogen (secondary N) is 1. The Bertz CT molecular complexity index is 1020. The highest BCUT2D eigenvalue weighted by molar-refractivity contribution is 6.14. The van der Waals surface area contributed by atoms with Gasteiger partial charge in [-0.3, -0.25) is 9.59 Å². The molecular weight excluding hydrogens is 304 g/mol. The van der Waals surface area contributed by atoms with Crippen LogP contribution in [-0.4, -0.2) is 10.5 Å². The van der Waals surface area contributed by atoms with Crippen LogP contribution in [0.5, 0.6) is 5.88 Å². The summed E-state index contributed by atoms with van der Waals surface area (Å²) in [4.78, 5) is 24.9. The van der Waals surface area contributed by atoms with Crippen LogP contribution in [0.4, 0.5) is 5.69 Å². The molecule has 0 aliphatic rings. The van der Waals surface area contributed by atoms with Crippen LogP contribution in [0.1, 0.15) is 21.5 Å². The molecule has 1 amide bonds. The van der Waals surface area contributed by atoms with Crippen LogP contribution in [0, 0.1) is 13.8 Å². The van der Waals surface area contributed by atoms with E-state index in [1.807, 2.05) is 26.0 Å². The van der Waals surface area contributed by atoms with Gasteiger partial charge in [-0.1, -0.05) is 35.9 Å². The molecule has 0 saturated heterocycles. The normalized spacial score (nSPS) is 10.8. The van der Waals surface area contributed by atoms with E-state index in [0.29, 0.717) is 16.5 Å². The summed E-state index contributed by atoms with van der Waals surface area (Å²) in [5.74, 6) is -1.11. The Morgan fingerprint density at radius 2 is 1.75 bits per heavy atom. The molecule has 0 unspecified atom stereocenters. The van der Waals surface area contributed by atoms with E-state index in [0.717, 1.165) is 15.7 Å². The predicted molar refractivity (Wildman–Crippen MR) is 92.5 cm³/mol. The van der Waals surface area contributed by atoms with Gasteiger partial charge in [-0.2, -0.15) is 0 Å². The molecule has 0 bridgehead atoms. The van der Waals surface area contributed by atoms with E-state index in [9.17, 15) is 14.7 Å². The van der Waals surface area contributed by atoms with E-state index in [4.69, 9.17) is 0 Å². The zero-order chi connectivity index (χ0) is 17.4. The van der Waals surface area contributed by atoms with E-state index in [1.165, 1.54) is 7.05 Å². The minimum absolute atomic E-state index is 0.0207. The Balaban J connectivity index is 2.15. The van der Waals surface area contributed by atoms with Crippen molar-refractivity contribution in [3.8, 4) is 5.88 Å². The topological polar surface area (TPSA) is 74.2 Å². The van der Waals surface area contributed by atoms with Crippen molar-refractivity contribution in [1.82, 2.24) is 4.57 Å². The fraction of sp³-hybridized carbons (Fsp3) is 0.158. The first-order valence-electron chi connectivity index (χ1n) is 7.57. The standard InChI is InChI=1S/C19H18N2O3/c1-11-8-9-15(12(2)10-11)20-17(22)16-13-6-4-5-7-14(13)18(23)21(3)19(16)24/h4-10,24H,1-3H3,(H,20,22)/p-1. The van der Waals surface area contributed by atoms with Crippen molar-refractivity contribution in [2.45, 2.75) is 13.8 Å². The number of pyridine rings is 1. The molecule has 0 aliphatic carbocycles. The van der Waals surface area contributed by atoms with Gasteiger partial charge in [0.25, 0.3) is 11.5 Å². The van der Waals surface area contributed by atoms with Gasteiger partial charge in [-0.15, -0.1) is 0 Å². The highest BCUT2D eigenvalue weighted by atomic mass is 16.3. The Kier molecular flexibility index (Phi) is 3.85. The van der Waals surface area contributed by atoms with E-state index in [2.05, 4.69) is 5.32 Å². The molecule has 0 atom stereocenters. The van der Waals surface area contributed by atoms with E-state index in [1.54, 1.807) is 30.3 Å². The lowest BCUT2D eigenvalue weighted by Gasteiger charge is -2.20. The maximum absolute atomic E-state index is 12.7. The lowest BCUT2D eigenvalue weighted by atomic mass is 10.1. The van der Waals surface area contributed by atoms with Crippen LogP contribution in [0.3, 0.4) is 0 Å². The first kappa shape index (κ1) is 15.8. The molecular formula is C19H17N2O3-. The van der Waals surface area contributed by atoms with Crippen molar-refractivity contribution in [2.24, 2.45) is 7.05 Å². The molecule has 1 heterocycles. The number of nitrogens with zero attached hydrogens (tertiary/aromatic N) is 1. The summed E-state index contributed by atoms with van der Waals surface area (Å²) in [7, 11) is 1.38. The number of hydrogen-bond acceptors (Lipinski definition) is 3. The summed E-state index contributed by atoms with van der Waals surface area (Å²) in [6, 6.07) is 12.3. The Morgan fingerprint density at radius 3 is 2.42 bits per heavy atom. The van der Waals surface area contributed by atoms with E-state index in [-0.39, 0.29) is 5.56 Å². The Hall–Kier alpha value is -3.08. The van der Waals surface area contributed by atoms with Crippen LogP contribution < -0.4 is 16.0 Å². The SMILES string of the molecule is Cc1ccc(NC(=O)c2c([O-])n(C)c(=O)c3ccccc23)c(C)c1. The minimum atomic E-state index is -0.596. The highest BCUT2D eigenvalue weighted by Gasteiger charge is 2.16. The number of carbonyl (C=O) groups is 1. The number of carbonyl (C=O) groups excluding carboxylic acids is 1. The lowest BCUT2D eigenvalue weighted by Crippen LogP contribution is -2.26. The Morgan fingerprint density at radius 1 is 1.08 bits per heavy atom. The average Bonchev–Trinajstić information content (AvgIpc) is 2.55. The van der Waals surface area contributed by atoms with E-state index < -0.39 is 17.3 Å². The van der Waals surface area contributed by atoms with Gasteiger partial charge in [0.1, 0.15) is 0 Å². The number of amides is 1. The number of fused-ring (bicyclic) bond motifs is 1. The van der Waals surface area contributed by atoms with Gasteiger partial charge in [0.15, 0.2) is 0 Å². The van der Waals surface area contributed by atoms with Crippen molar-refractivity contribution in [2.75, 3.05) is 5.32 Å². The maximum atomic E-state index is 12.7. The molecule has 24 heavy (non-hydrogen) atoms. The second-order valence-corrected chi connectivity index (χ2v) is 5.86. The van der Waals surface area contributed by atoms with Gasteiger partial charge in [-0.25, -0.2) is 0 Å². The molecule has 0 radical (unpaired) electrons. The zero-order valence-electron chi connectivity index (χ0n) is 13.7. The fourth-order valence-corrected chi connectivity index (χ4v) is 2.80. The molecule has 3 rings (SSSR count). The molecule has 1 N–H and O–H groups in total. The van der Waals surface area contributed by atoms with Gasteiger partial charge >= 0.3 is 0 Å². The zero-order valence-corrected chi connectivity index (χ0v) is 13.7. The van der Waals surface area contributed by atoms with Crippen molar-refractivity contribution in [1.29, 1.82) is 0 Å². The third kappa shape index (κ3) is 2.54. The van der Waals surface area contributed by atoms with E-state index >= 15 is 0 Å². The predicted octanol–water partition coefficient (Wildman–Crippen LogP) is 2.48. The molecule has 5 nitrogen and oxygen atoms in total. The molecule has 1 aromatic heterocycles. The molecule has 2 aromatic carbocycles. The quantitative estimate of drug-likeness (QED) is 0.788. The molecule has 122 valence electrons. The molecule has 0 saturated carbocycles. The highest BCUT2D eigenvalue weighted by Crippen LogP contribution is 2.24. The average molecular weight is 321 g/mol. The third-order valence-corrected chi connectivity index (χ3v) is 4.11. The minimum Gasteiger partial charge on any atom is -0.859 e. The number of rotatable bonds is 2. The first-order chi connectivity index (χ1) is 11.4. The van der Waals surface area contributed by atoms with Crippen molar-refractivity contribution >= 4 is 22.4 Å². The molecule has 5 heteroatoms. The van der Waals surface area contributed by atoms with Crippen LogP contribution in [0.15, 0.2) is 47.3 Å². The number of aromatic nitrogens is 1. The fourth-order valence-electron chi connectivity index (χ4n) is 2.80. The van der Waals surface area contributed by atoms with Gasteiger partial charge < -0.3 is 15.0 Å². The summed E-state index contributed by atoms with van der Waals surface area (Å²) >= 11 is 0. The molecule has 0 fully saturated rings. The third-order valence-electron chi connectivity index (χ3n) is 4.11. The van der Waals surface area contributed by atoms with Gasteiger partial charge in [0, 0.05) is 23.5 Å². The van der Waals surface area contributed by atoms with Crippen molar-refractivity contribution in [3.05, 3.63) is 69.5 Å². The lowest BCUT2D eigenvalue weighted by molar-refractivity contribution is -0.279. The molecule has 3 aromatic rings. The smallest absolute Gasteiger partial charge is 0.257 e. The monoisotopic (exact) mass is 321 g/mol. The number of hydrogen-bond donors (Lipinski definition) is 1. The number of anilines is 1. The van der Waals surface area contributed by atoms with Crippen LogP contribution >= 0.6 is 0 Å². The summed E-state index contributed by atoms with van der Waals surface area (Å²) in [6.07, 6.45) is 0. The van der Waals surface area contributed by atoms with Gasteiger partial charge in [0.05, 0.1) is 5.56 Å². The maximum Gasteiger partial charge on any atom is 0.257 e. The van der Waals surface area contributed by atoms with Gasteiger partial charge in [0.2, 0.25) is 0 Å². The van der Waals surface area contributed by atoms with Gasteiger partial charge in [-0.05, 0) is 37.4 Å². The summed E-state index contributed by atoms with van der Waals surface area (Å²) in [5.41, 5.74) is 2.21. The summed E-state index contributed by atoms with van der Waals surface area (Å²) in [5, 5.41) is 16.0. The first-order valence-corrected chi connectivity index (χ1v) is 7.57. The van der Waals surface area contributed by atoms with Crippen LogP contribution in [-0.2, 0) is 7.05 Å². The van der Waals surface area contributed by atoms with Crippen molar-refractivity contribution in [3.63, 3.8) is 0 Å². The Labute approximate surface area is 139 Å². The second-order valence-electron chi connectivity index (χ2n) is 5.86. The number of benzene rings is 2. The number of aryl methyl sites for hydroxylation is 2. The second kappa shape index (κ2) is 5.85. The molecule has 0 spiro atoms. The van der Waals surface area contributed by atoms with Crippen molar-refractivity contribution < 1.29 is 9.90 Å². The summed E-state index contributed by atoms with van der Waals surface area (Å²) in [6.45, 7) is 3.86. The summed E-state index contributed by atoms with van der Waals surface area (Å²) < 4.78 is 0.971. The van der Waals surface area contributed by atoms with Crippen LogP contribution in [0.2, 0.25) is 0 Å². The van der Waals surface area contributed by atoms with Crippen LogP contribution in [0.25, 0.3) is 10.8 Å². The molecule has 0 aliphatic heterocycles. The largest absolute Gasteiger partial charge is 0.859 e.